The first-order valence-electron chi connectivity index (χ1n) is 10.8. The van der Waals surface area contributed by atoms with Gasteiger partial charge in [0.05, 0.1) is 23.9 Å². The lowest BCUT2D eigenvalue weighted by Crippen LogP contribution is -2.24. The molecule has 0 radical (unpaired) electrons. The maximum absolute atomic E-state index is 13.6. The van der Waals surface area contributed by atoms with Crippen molar-refractivity contribution in [2.24, 2.45) is 0 Å². The van der Waals surface area contributed by atoms with Crippen LogP contribution < -0.4 is 4.90 Å². The fourth-order valence-electron chi connectivity index (χ4n) is 4.37. The monoisotopic (exact) mass is 528 g/mol. The van der Waals surface area contributed by atoms with Gasteiger partial charge in [-0.25, -0.2) is 4.79 Å². The molecule has 0 spiro atoms. The smallest absolute Gasteiger partial charge is 0.340 e. The summed E-state index contributed by atoms with van der Waals surface area (Å²) < 4.78 is 7.02. The van der Waals surface area contributed by atoms with Gasteiger partial charge in [0.15, 0.2) is 0 Å². The Labute approximate surface area is 219 Å². The van der Waals surface area contributed by atoms with E-state index in [2.05, 4.69) is 0 Å². The standard InChI is InChI=1S/C27H23Cl3N2O3/c1-14-6-7-21(13-24(14)30)32-17(4)25(27(34)35-5)23(26(32)33)9-18-8-15(2)31(16(18)3)22-11-19(28)10-20(29)12-22/h6-13H,1-5H3/b23-9-. The quantitative estimate of drug-likeness (QED) is 0.264. The molecular formula is C27H23Cl3N2O3. The van der Waals surface area contributed by atoms with E-state index in [1.54, 1.807) is 31.2 Å². The molecule has 0 bridgehead atoms. The Kier molecular flexibility index (Phi) is 6.87. The largest absolute Gasteiger partial charge is 0.465 e. The number of aromatic nitrogens is 1. The number of nitrogens with zero attached hydrogens (tertiary/aromatic N) is 2. The molecule has 0 saturated carbocycles. The fourth-order valence-corrected chi connectivity index (χ4v) is 5.06. The highest BCUT2D eigenvalue weighted by Crippen LogP contribution is 2.37. The van der Waals surface area contributed by atoms with Crippen LogP contribution in [0, 0.1) is 20.8 Å². The van der Waals surface area contributed by atoms with Crippen molar-refractivity contribution < 1.29 is 14.3 Å². The van der Waals surface area contributed by atoms with E-state index >= 15 is 0 Å². The van der Waals surface area contributed by atoms with Crippen molar-refractivity contribution >= 4 is 58.4 Å². The minimum Gasteiger partial charge on any atom is -0.465 e. The molecule has 0 aliphatic carbocycles. The molecule has 0 atom stereocenters. The number of amides is 1. The summed E-state index contributed by atoms with van der Waals surface area (Å²) in [5, 5.41) is 1.57. The van der Waals surface area contributed by atoms with E-state index in [0.29, 0.717) is 26.5 Å². The summed E-state index contributed by atoms with van der Waals surface area (Å²) in [6.07, 6.45) is 1.72. The molecule has 2 heterocycles. The number of carbonyl (C=O) groups is 2. The number of allylic oxidation sites excluding steroid dienone is 1. The number of hydrogen-bond acceptors (Lipinski definition) is 3. The SMILES string of the molecule is COC(=O)C1=C(C)N(c2ccc(C)c(Cl)c2)C(=O)/C1=C\c1cc(C)n(-c2cc(Cl)cc(Cl)c2)c1C. The van der Waals surface area contributed by atoms with E-state index in [9.17, 15) is 9.59 Å². The molecule has 0 unspecified atom stereocenters. The van der Waals surface area contributed by atoms with Gasteiger partial charge < -0.3 is 9.30 Å². The van der Waals surface area contributed by atoms with Gasteiger partial charge in [-0.1, -0.05) is 40.9 Å². The molecule has 35 heavy (non-hydrogen) atoms. The van der Waals surface area contributed by atoms with Crippen molar-refractivity contribution in [2.45, 2.75) is 27.7 Å². The molecule has 1 amide bonds. The van der Waals surface area contributed by atoms with Crippen LogP contribution in [0.15, 0.2) is 59.3 Å². The van der Waals surface area contributed by atoms with Crippen molar-refractivity contribution in [3.8, 4) is 5.69 Å². The molecule has 3 aromatic rings. The topological polar surface area (TPSA) is 51.5 Å². The average molecular weight is 530 g/mol. The van der Waals surface area contributed by atoms with E-state index in [-0.39, 0.29) is 17.1 Å². The third kappa shape index (κ3) is 4.52. The number of esters is 1. The van der Waals surface area contributed by atoms with Gasteiger partial charge in [-0.3, -0.25) is 9.69 Å². The van der Waals surface area contributed by atoms with Crippen LogP contribution in [0.25, 0.3) is 11.8 Å². The van der Waals surface area contributed by atoms with Crippen LogP contribution in [0.4, 0.5) is 5.69 Å². The van der Waals surface area contributed by atoms with E-state index in [4.69, 9.17) is 39.5 Å². The predicted octanol–water partition coefficient (Wildman–Crippen LogP) is 7.24. The van der Waals surface area contributed by atoms with Gasteiger partial charge in [-0.05, 0) is 81.3 Å². The summed E-state index contributed by atoms with van der Waals surface area (Å²) in [6, 6.07) is 12.6. The van der Waals surface area contributed by atoms with Crippen molar-refractivity contribution in [1.82, 2.24) is 4.57 Å². The first-order chi connectivity index (χ1) is 16.5. The van der Waals surface area contributed by atoms with Crippen molar-refractivity contribution in [3.63, 3.8) is 0 Å². The number of ether oxygens (including phenoxy) is 1. The Morgan fingerprint density at radius 2 is 1.57 bits per heavy atom. The number of anilines is 1. The number of aryl methyl sites for hydroxylation is 2. The first kappa shape index (κ1) is 25.1. The van der Waals surface area contributed by atoms with Crippen LogP contribution in [0.5, 0.6) is 0 Å². The van der Waals surface area contributed by atoms with Gasteiger partial charge in [0.25, 0.3) is 5.91 Å². The number of methoxy groups -OCH3 is 1. The van der Waals surface area contributed by atoms with Gasteiger partial charge in [-0.2, -0.15) is 0 Å². The second kappa shape index (κ2) is 9.57. The second-order valence-corrected chi connectivity index (χ2v) is 9.65. The highest BCUT2D eigenvalue weighted by atomic mass is 35.5. The number of rotatable bonds is 4. The molecule has 0 N–H and O–H groups in total. The highest BCUT2D eigenvalue weighted by Gasteiger charge is 2.38. The van der Waals surface area contributed by atoms with Crippen LogP contribution in [0.2, 0.25) is 15.1 Å². The molecular weight excluding hydrogens is 507 g/mol. The molecule has 0 saturated heterocycles. The Hall–Kier alpha value is -2.99. The van der Waals surface area contributed by atoms with Crippen molar-refractivity contribution in [1.29, 1.82) is 0 Å². The van der Waals surface area contributed by atoms with Crippen LogP contribution in [-0.2, 0) is 14.3 Å². The number of halogens is 3. The van der Waals surface area contributed by atoms with Crippen LogP contribution >= 0.6 is 34.8 Å². The zero-order chi connectivity index (χ0) is 25.6. The summed E-state index contributed by atoms with van der Waals surface area (Å²) >= 11 is 18.8. The maximum Gasteiger partial charge on any atom is 0.340 e. The van der Waals surface area contributed by atoms with Crippen LogP contribution in [0.3, 0.4) is 0 Å². The normalized spacial score (nSPS) is 14.9. The van der Waals surface area contributed by atoms with Gasteiger partial charge in [-0.15, -0.1) is 0 Å². The number of carbonyl (C=O) groups excluding carboxylic acids is 2. The van der Waals surface area contributed by atoms with Crippen molar-refractivity contribution in [3.05, 3.63) is 96.9 Å². The van der Waals surface area contributed by atoms with Crippen molar-refractivity contribution in [2.75, 3.05) is 12.0 Å². The molecule has 0 fully saturated rings. The first-order valence-corrected chi connectivity index (χ1v) is 11.9. The molecule has 4 rings (SSSR count). The lowest BCUT2D eigenvalue weighted by Gasteiger charge is -2.18. The molecule has 1 aliphatic heterocycles. The molecule has 8 heteroatoms. The van der Waals surface area contributed by atoms with Crippen LogP contribution in [-0.4, -0.2) is 23.6 Å². The molecule has 2 aromatic carbocycles. The summed E-state index contributed by atoms with van der Waals surface area (Å²) in [5.41, 5.74) is 5.76. The van der Waals surface area contributed by atoms with E-state index in [1.807, 2.05) is 49.6 Å². The zero-order valence-corrected chi connectivity index (χ0v) is 22.1. The average Bonchev–Trinajstić information content (AvgIpc) is 3.20. The molecule has 180 valence electrons. The minimum absolute atomic E-state index is 0.213. The second-order valence-electron chi connectivity index (χ2n) is 8.37. The Morgan fingerprint density at radius 3 is 2.17 bits per heavy atom. The van der Waals surface area contributed by atoms with Gasteiger partial charge in [0, 0.05) is 37.8 Å². The minimum atomic E-state index is -0.585. The summed E-state index contributed by atoms with van der Waals surface area (Å²) in [4.78, 5) is 27.9. The fraction of sp³-hybridized carbons (Fsp3) is 0.185. The molecule has 5 nitrogen and oxygen atoms in total. The van der Waals surface area contributed by atoms with Gasteiger partial charge in [0.1, 0.15) is 0 Å². The summed E-state index contributed by atoms with van der Waals surface area (Å²) in [5.74, 6) is -0.920. The molecule has 1 aromatic heterocycles. The predicted molar refractivity (Wildman–Crippen MR) is 142 cm³/mol. The number of benzene rings is 2. The highest BCUT2D eigenvalue weighted by molar-refractivity contribution is 6.35. The summed E-state index contributed by atoms with van der Waals surface area (Å²) in [7, 11) is 1.30. The van der Waals surface area contributed by atoms with E-state index in [0.717, 1.165) is 28.2 Å². The lowest BCUT2D eigenvalue weighted by molar-refractivity contribution is -0.136. The lowest BCUT2D eigenvalue weighted by atomic mass is 10.0. The number of hydrogen-bond donors (Lipinski definition) is 0. The Morgan fingerprint density at radius 1 is 0.914 bits per heavy atom. The van der Waals surface area contributed by atoms with E-state index < -0.39 is 5.97 Å². The maximum atomic E-state index is 13.6. The third-order valence-corrected chi connectivity index (χ3v) is 6.92. The van der Waals surface area contributed by atoms with Gasteiger partial charge in [0.2, 0.25) is 0 Å². The third-order valence-electron chi connectivity index (χ3n) is 6.08. The molecule has 1 aliphatic rings. The Balaban J connectivity index is 1.86. The zero-order valence-electron chi connectivity index (χ0n) is 19.9. The van der Waals surface area contributed by atoms with Gasteiger partial charge >= 0.3 is 5.97 Å². The Bertz CT molecular complexity index is 1430. The summed E-state index contributed by atoms with van der Waals surface area (Å²) in [6.45, 7) is 7.48. The van der Waals surface area contributed by atoms with E-state index in [1.165, 1.54) is 12.0 Å². The van der Waals surface area contributed by atoms with Crippen LogP contribution in [0.1, 0.15) is 29.4 Å².